The molecule has 0 aromatic heterocycles. The van der Waals surface area contributed by atoms with Crippen LogP contribution >= 0.6 is 0 Å². The summed E-state index contributed by atoms with van der Waals surface area (Å²) in [6.45, 7) is 5.13. The molecule has 1 N–H and O–H groups in total. The highest BCUT2D eigenvalue weighted by Gasteiger charge is 2.55. The Labute approximate surface area is 170 Å². The van der Waals surface area contributed by atoms with Crippen molar-refractivity contribution in [2.24, 2.45) is 5.41 Å². The van der Waals surface area contributed by atoms with Gasteiger partial charge >= 0.3 is 12.1 Å². The third kappa shape index (κ3) is 4.31. The Balaban J connectivity index is 1.81. The maximum atomic E-state index is 12.9. The second kappa shape index (κ2) is 7.70. The van der Waals surface area contributed by atoms with Gasteiger partial charge in [0.15, 0.2) is 5.41 Å². The number of hydrogen-bond acceptors (Lipinski definition) is 4. The van der Waals surface area contributed by atoms with Crippen LogP contribution in [-0.2, 0) is 20.7 Å². The summed E-state index contributed by atoms with van der Waals surface area (Å²) in [4.78, 5) is 38.3. The highest BCUT2D eigenvalue weighted by Crippen LogP contribution is 2.37. The predicted octanol–water partition coefficient (Wildman–Crippen LogP) is 4.13. The van der Waals surface area contributed by atoms with E-state index in [2.05, 4.69) is 0 Å². The number of likely N-dealkylation sites (tertiary alicyclic amines) is 1. The minimum Gasteiger partial charge on any atom is -0.480 e. The molecule has 1 fully saturated rings. The zero-order valence-corrected chi connectivity index (χ0v) is 16.8. The summed E-state index contributed by atoms with van der Waals surface area (Å²) in [5.41, 5.74) is 0.364. The molecule has 2 aromatic rings. The fraction of sp³-hybridized carbons (Fsp3) is 0.348. The number of imide groups is 1. The predicted molar refractivity (Wildman–Crippen MR) is 108 cm³/mol. The molecule has 1 aliphatic heterocycles. The Bertz CT molecular complexity index is 915. The largest absolute Gasteiger partial charge is 0.480 e. The van der Waals surface area contributed by atoms with Crippen molar-refractivity contribution >= 4 is 18.0 Å². The number of carboxylic acids is 1. The number of carbonyl (C=O) groups excluding carboxylic acids is 2. The summed E-state index contributed by atoms with van der Waals surface area (Å²) in [7, 11) is 0. The lowest BCUT2D eigenvalue weighted by Crippen LogP contribution is -2.45. The first-order chi connectivity index (χ1) is 13.6. The van der Waals surface area contributed by atoms with Crippen molar-refractivity contribution in [2.45, 2.75) is 39.2 Å². The zero-order chi connectivity index (χ0) is 21.2. The van der Waals surface area contributed by atoms with Crippen LogP contribution in [0.25, 0.3) is 11.1 Å². The summed E-state index contributed by atoms with van der Waals surface area (Å²) in [6, 6.07) is 17.3. The molecule has 0 bridgehead atoms. The van der Waals surface area contributed by atoms with Gasteiger partial charge in [0.25, 0.3) is 0 Å². The lowest BCUT2D eigenvalue weighted by atomic mass is 9.80. The highest BCUT2D eigenvalue weighted by molar-refractivity contribution is 6.09. The molecule has 6 nitrogen and oxygen atoms in total. The molecule has 1 saturated heterocycles. The lowest BCUT2D eigenvalue weighted by molar-refractivity contribution is -0.155. The Kier molecular flexibility index (Phi) is 5.46. The highest BCUT2D eigenvalue weighted by atomic mass is 16.6. The van der Waals surface area contributed by atoms with E-state index in [1.165, 1.54) is 0 Å². The van der Waals surface area contributed by atoms with E-state index in [-0.39, 0.29) is 19.4 Å². The first kappa shape index (κ1) is 20.6. The third-order valence-corrected chi connectivity index (χ3v) is 5.01. The number of rotatable bonds is 4. The van der Waals surface area contributed by atoms with E-state index in [9.17, 15) is 19.5 Å². The van der Waals surface area contributed by atoms with Crippen LogP contribution in [0.2, 0.25) is 0 Å². The summed E-state index contributed by atoms with van der Waals surface area (Å²) in [6.07, 6.45) is -0.721. The molecule has 152 valence electrons. The van der Waals surface area contributed by atoms with Gasteiger partial charge in [-0.1, -0.05) is 54.6 Å². The first-order valence-corrected chi connectivity index (χ1v) is 9.55. The van der Waals surface area contributed by atoms with Gasteiger partial charge in [-0.2, -0.15) is 0 Å². The normalized spacial score (nSPS) is 19.3. The number of carbonyl (C=O) groups is 3. The Hall–Kier alpha value is -3.15. The number of benzene rings is 2. The topological polar surface area (TPSA) is 83.9 Å². The Morgan fingerprint density at radius 2 is 1.62 bits per heavy atom. The van der Waals surface area contributed by atoms with Crippen LogP contribution in [0.4, 0.5) is 4.79 Å². The molecule has 6 heteroatoms. The van der Waals surface area contributed by atoms with Gasteiger partial charge in [0.1, 0.15) is 5.60 Å². The molecule has 0 spiro atoms. The second-order valence-corrected chi connectivity index (χ2v) is 8.31. The molecule has 29 heavy (non-hydrogen) atoms. The van der Waals surface area contributed by atoms with Gasteiger partial charge in [-0.15, -0.1) is 0 Å². The van der Waals surface area contributed by atoms with E-state index in [0.717, 1.165) is 21.6 Å². The van der Waals surface area contributed by atoms with Crippen LogP contribution in [0, 0.1) is 5.41 Å². The Morgan fingerprint density at radius 3 is 2.17 bits per heavy atom. The number of carboxylic acid groups (broad SMARTS) is 1. The number of aliphatic carboxylic acids is 1. The fourth-order valence-corrected chi connectivity index (χ4v) is 3.49. The summed E-state index contributed by atoms with van der Waals surface area (Å²) < 4.78 is 5.25. The monoisotopic (exact) mass is 395 g/mol. The average Bonchev–Trinajstić information content (AvgIpc) is 2.99. The SMILES string of the molecule is CC(C)(C)OC(=O)N1CCC(Cc2ccc(-c3ccccc3)cc2)(C(=O)O)C1=O. The van der Waals surface area contributed by atoms with Crippen LogP contribution in [0.5, 0.6) is 0 Å². The van der Waals surface area contributed by atoms with Crippen molar-refractivity contribution in [1.82, 2.24) is 4.90 Å². The molecule has 1 aliphatic rings. The van der Waals surface area contributed by atoms with Crippen LogP contribution < -0.4 is 0 Å². The maximum absolute atomic E-state index is 12.9. The number of hydrogen-bond donors (Lipinski definition) is 1. The fourth-order valence-electron chi connectivity index (χ4n) is 3.49. The smallest absolute Gasteiger partial charge is 0.417 e. The van der Waals surface area contributed by atoms with Gasteiger partial charge in [-0.05, 0) is 50.3 Å². The van der Waals surface area contributed by atoms with Crippen LogP contribution in [-0.4, -0.2) is 40.1 Å². The van der Waals surface area contributed by atoms with Gasteiger partial charge in [0.2, 0.25) is 5.91 Å². The molecule has 1 heterocycles. The van der Waals surface area contributed by atoms with Crippen molar-refractivity contribution in [3.8, 4) is 11.1 Å². The minimum absolute atomic E-state index is 0.0233. The van der Waals surface area contributed by atoms with E-state index in [0.29, 0.717) is 0 Å². The Morgan fingerprint density at radius 1 is 1.03 bits per heavy atom. The zero-order valence-electron chi connectivity index (χ0n) is 16.8. The van der Waals surface area contributed by atoms with E-state index in [4.69, 9.17) is 4.74 Å². The lowest BCUT2D eigenvalue weighted by Gasteiger charge is -2.25. The van der Waals surface area contributed by atoms with Gasteiger partial charge in [0.05, 0.1) is 0 Å². The average molecular weight is 395 g/mol. The van der Waals surface area contributed by atoms with Crippen molar-refractivity contribution in [3.63, 3.8) is 0 Å². The number of ether oxygens (including phenoxy) is 1. The molecular weight excluding hydrogens is 370 g/mol. The van der Waals surface area contributed by atoms with E-state index >= 15 is 0 Å². The van der Waals surface area contributed by atoms with E-state index < -0.39 is 29.0 Å². The molecular formula is C23H25NO5. The molecule has 0 aliphatic carbocycles. The standard InChI is InChI=1S/C23H25NO5/c1-22(2,3)29-21(28)24-14-13-23(19(24)25,20(26)27)15-16-9-11-18(12-10-16)17-7-5-4-6-8-17/h4-12H,13-15H2,1-3H3,(H,26,27). The first-order valence-electron chi connectivity index (χ1n) is 9.55. The van der Waals surface area contributed by atoms with E-state index in [1.54, 1.807) is 20.8 Å². The molecule has 2 aromatic carbocycles. The third-order valence-electron chi connectivity index (χ3n) is 5.01. The molecule has 2 amide bonds. The summed E-state index contributed by atoms with van der Waals surface area (Å²) in [5.74, 6) is -1.94. The van der Waals surface area contributed by atoms with Crippen LogP contribution in [0.1, 0.15) is 32.8 Å². The molecule has 3 rings (SSSR count). The molecule has 1 unspecified atom stereocenters. The van der Waals surface area contributed by atoms with Gasteiger partial charge < -0.3 is 9.84 Å². The second-order valence-electron chi connectivity index (χ2n) is 8.31. The van der Waals surface area contributed by atoms with Crippen LogP contribution in [0.3, 0.4) is 0 Å². The van der Waals surface area contributed by atoms with Gasteiger partial charge in [0, 0.05) is 6.54 Å². The number of nitrogens with zero attached hydrogens (tertiary/aromatic N) is 1. The maximum Gasteiger partial charge on any atom is 0.417 e. The van der Waals surface area contributed by atoms with Gasteiger partial charge in [-0.3, -0.25) is 9.59 Å². The molecule has 1 atom stereocenters. The summed E-state index contributed by atoms with van der Waals surface area (Å²) >= 11 is 0. The number of amides is 2. The van der Waals surface area contributed by atoms with Crippen LogP contribution in [0.15, 0.2) is 54.6 Å². The van der Waals surface area contributed by atoms with Crippen molar-refractivity contribution in [1.29, 1.82) is 0 Å². The van der Waals surface area contributed by atoms with Crippen molar-refractivity contribution < 1.29 is 24.2 Å². The van der Waals surface area contributed by atoms with E-state index in [1.807, 2.05) is 54.6 Å². The summed E-state index contributed by atoms with van der Waals surface area (Å²) in [5, 5.41) is 9.86. The molecule has 0 radical (unpaired) electrons. The van der Waals surface area contributed by atoms with Gasteiger partial charge in [-0.25, -0.2) is 9.69 Å². The van der Waals surface area contributed by atoms with Crippen molar-refractivity contribution in [3.05, 3.63) is 60.2 Å². The quantitative estimate of drug-likeness (QED) is 0.787. The van der Waals surface area contributed by atoms with Crippen molar-refractivity contribution in [2.75, 3.05) is 6.54 Å². The minimum atomic E-state index is -1.66. The molecule has 0 saturated carbocycles.